The fourth-order valence-corrected chi connectivity index (χ4v) is 6.97. The number of unbranched alkanes of at least 4 members (excludes halogenated alkanes) is 3. The van der Waals surface area contributed by atoms with Gasteiger partial charge in [0.25, 0.3) is 0 Å². The second kappa shape index (κ2) is 11.9. The second-order valence-corrected chi connectivity index (χ2v) is 12.5. The van der Waals surface area contributed by atoms with Crippen LogP contribution in [0.15, 0.2) is 30.3 Å². The van der Waals surface area contributed by atoms with Gasteiger partial charge in [-0.1, -0.05) is 56.5 Å². The van der Waals surface area contributed by atoms with Gasteiger partial charge in [-0.25, -0.2) is 9.59 Å². The maximum atomic E-state index is 13.4. The van der Waals surface area contributed by atoms with Gasteiger partial charge in [-0.15, -0.1) is 11.8 Å². The van der Waals surface area contributed by atoms with E-state index in [1.165, 1.54) is 21.6 Å². The number of carbonyl (C=O) groups is 6. The third-order valence-electron chi connectivity index (χ3n) is 7.47. The number of carboxylic acids is 1. The number of carbonyl (C=O) groups excluding carboxylic acids is 5. The summed E-state index contributed by atoms with van der Waals surface area (Å²) in [6.07, 6.45) is 3.80. The molecule has 3 heterocycles. The number of imide groups is 1. The third-order valence-corrected chi connectivity index (χ3v) is 9.04. The highest BCUT2D eigenvalue weighted by Gasteiger charge is 2.64. The third kappa shape index (κ3) is 5.65. The number of rotatable bonds is 10. The van der Waals surface area contributed by atoms with Crippen LogP contribution in [0, 0.1) is 0 Å². The number of nitrogens with one attached hydrogen (secondary N) is 2. The molecule has 1 aromatic carbocycles. The molecule has 4 atom stereocenters. The summed E-state index contributed by atoms with van der Waals surface area (Å²) in [4.78, 5) is 80.2. The van der Waals surface area contributed by atoms with Crippen molar-refractivity contribution >= 4 is 47.4 Å². The minimum Gasteiger partial charge on any atom is -0.480 e. The number of hydrogen-bond donors (Lipinski definition) is 3. The minimum absolute atomic E-state index is 0.00619. The van der Waals surface area contributed by atoms with E-state index in [1.54, 1.807) is 44.2 Å². The molecule has 6 amide bonds. The summed E-state index contributed by atoms with van der Waals surface area (Å²) in [5, 5.41) is 14.3. The van der Waals surface area contributed by atoms with E-state index in [-0.39, 0.29) is 13.1 Å². The van der Waals surface area contributed by atoms with Crippen LogP contribution >= 0.6 is 11.8 Å². The molecule has 3 aliphatic heterocycles. The molecule has 13 heteroatoms. The van der Waals surface area contributed by atoms with Crippen LogP contribution in [0.4, 0.5) is 4.79 Å². The van der Waals surface area contributed by atoms with Crippen molar-refractivity contribution < 1.29 is 33.9 Å². The molecule has 3 N–H and O–H groups in total. The quantitative estimate of drug-likeness (QED) is 0.215. The van der Waals surface area contributed by atoms with Crippen LogP contribution in [-0.2, 0) is 24.0 Å². The SMILES string of the molecule is CCCCCCN1CCN(C(=O)N[C@@H](C(=O)N[C@@H]2C(=O)N3[C@@H]2SC(C)(C)[C@@H]3C(=O)O)c2ccccc2)C(=O)C1=O. The predicted octanol–water partition coefficient (Wildman–Crippen LogP) is 1.32. The number of nitrogens with zero attached hydrogens (tertiary/aromatic N) is 3. The molecule has 1 aromatic rings. The van der Waals surface area contributed by atoms with E-state index in [4.69, 9.17) is 0 Å². The fourth-order valence-electron chi connectivity index (χ4n) is 5.34. The van der Waals surface area contributed by atoms with E-state index >= 15 is 0 Å². The summed E-state index contributed by atoms with van der Waals surface area (Å²) in [7, 11) is 0. The number of hydrogen-bond acceptors (Lipinski definition) is 7. The monoisotopic (exact) mass is 573 g/mol. The molecule has 0 unspecified atom stereocenters. The lowest BCUT2D eigenvalue weighted by Gasteiger charge is -2.44. The van der Waals surface area contributed by atoms with Crippen molar-refractivity contribution in [1.29, 1.82) is 0 Å². The number of amides is 6. The topological polar surface area (TPSA) is 156 Å². The summed E-state index contributed by atoms with van der Waals surface area (Å²) < 4.78 is -0.760. The Balaban J connectivity index is 1.44. The first-order chi connectivity index (χ1) is 19.0. The van der Waals surface area contributed by atoms with E-state index in [0.29, 0.717) is 12.1 Å². The van der Waals surface area contributed by atoms with E-state index in [2.05, 4.69) is 17.6 Å². The summed E-state index contributed by atoms with van der Waals surface area (Å²) in [6, 6.07) is 4.18. The maximum Gasteiger partial charge on any atom is 0.327 e. The van der Waals surface area contributed by atoms with E-state index < -0.39 is 63.9 Å². The molecule has 4 rings (SSSR count). The zero-order chi connectivity index (χ0) is 29.2. The molecular formula is C27H35N5O7S. The molecule has 0 bridgehead atoms. The number of benzene rings is 1. The van der Waals surface area contributed by atoms with Crippen molar-refractivity contribution in [2.45, 2.75) is 74.7 Å². The van der Waals surface area contributed by atoms with Crippen molar-refractivity contribution in [3.8, 4) is 0 Å². The van der Waals surface area contributed by atoms with Gasteiger partial charge < -0.3 is 25.5 Å². The lowest BCUT2D eigenvalue weighted by Crippen LogP contribution is -2.71. The number of thioether (sulfide) groups is 1. The van der Waals surface area contributed by atoms with E-state index in [1.807, 2.05) is 0 Å². The normalized spacial score (nSPS) is 24.3. The van der Waals surface area contributed by atoms with Gasteiger partial charge in [0.05, 0.1) is 0 Å². The number of urea groups is 1. The standard InChI is InChI=1S/C27H35N5O7S/c1-4-5-6-10-13-30-14-15-31(23(36)22(30)35)26(39)29-17(16-11-8-7-9-12-16)20(33)28-18-21(34)32-19(25(37)38)27(2,3)40-24(18)32/h7-9,11-12,17-19,24H,4-6,10,13-15H2,1-3H3,(H,28,33)(H,29,39)(H,37,38)/t17-,18-,19+,24-/m1/s1. The van der Waals surface area contributed by atoms with Crippen LogP contribution in [0.2, 0.25) is 0 Å². The Kier molecular flexibility index (Phi) is 8.71. The van der Waals surface area contributed by atoms with Gasteiger partial charge in [0, 0.05) is 24.4 Å². The largest absolute Gasteiger partial charge is 0.480 e. The van der Waals surface area contributed by atoms with Gasteiger partial charge in [-0.3, -0.25) is 24.1 Å². The predicted molar refractivity (Wildman–Crippen MR) is 146 cm³/mol. The van der Waals surface area contributed by atoms with Crippen molar-refractivity contribution in [3.05, 3.63) is 35.9 Å². The number of piperazine rings is 1. The van der Waals surface area contributed by atoms with Crippen LogP contribution < -0.4 is 10.6 Å². The number of fused-ring (bicyclic) bond motifs is 1. The molecule has 3 fully saturated rings. The number of carboxylic acid groups (broad SMARTS) is 1. The molecule has 0 aliphatic carbocycles. The summed E-state index contributed by atoms with van der Waals surface area (Å²) >= 11 is 1.29. The van der Waals surface area contributed by atoms with Crippen LogP contribution in [-0.4, -0.2) is 97.3 Å². The molecule has 0 saturated carbocycles. The van der Waals surface area contributed by atoms with E-state index in [9.17, 15) is 33.9 Å². The van der Waals surface area contributed by atoms with Gasteiger partial charge in [-0.2, -0.15) is 0 Å². The Morgan fingerprint density at radius 1 is 1.05 bits per heavy atom. The first kappa shape index (κ1) is 29.4. The molecule has 216 valence electrons. The molecular weight excluding hydrogens is 538 g/mol. The fraction of sp³-hybridized carbons (Fsp3) is 0.556. The minimum atomic E-state index is -1.26. The van der Waals surface area contributed by atoms with Crippen LogP contribution in [0.3, 0.4) is 0 Å². The van der Waals surface area contributed by atoms with Gasteiger partial charge in [-0.05, 0) is 25.8 Å². The average Bonchev–Trinajstić information content (AvgIpc) is 3.18. The van der Waals surface area contributed by atoms with Gasteiger partial charge in [0.1, 0.15) is 23.5 Å². The lowest BCUT2D eigenvalue weighted by molar-refractivity contribution is -0.161. The summed E-state index contributed by atoms with van der Waals surface area (Å²) in [6.45, 7) is 6.19. The highest BCUT2D eigenvalue weighted by atomic mass is 32.2. The molecule has 0 radical (unpaired) electrons. The highest BCUT2D eigenvalue weighted by Crippen LogP contribution is 2.50. The Morgan fingerprint density at radius 2 is 1.75 bits per heavy atom. The van der Waals surface area contributed by atoms with Crippen LogP contribution in [0.1, 0.15) is 58.1 Å². The Labute approximate surface area is 236 Å². The number of aliphatic carboxylic acids is 1. The Bertz CT molecular complexity index is 1190. The molecule has 12 nitrogen and oxygen atoms in total. The molecule has 3 aliphatic rings. The number of β-lactam (4-membered cyclic amide) rings is 1. The van der Waals surface area contributed by atoms with Gasteiger partial charge in [0.15, 0.2) is 0 Å². The Morgan fingerprint density at radius 3 is 2.40 bits per heavy atom. The van der Waals surface area contributed by atoms with Crippen LogP contribution in [0.5, 0.6) is 0 Å². The Hall–Kier alpha value is -3.61. The molecule has 0 aromatic heterocycles. The van der Waals surface area contributed by atoms with Crippen LogP contribution in [0.25, 0.3) is 0 Å². The zero-order valence-corrected chi connectivity index (χ0v) is 23.6. The first-order valence-electron chi connectivity index (χ1n) is 13.5. The lowest BCUT2D eigenvalue weighted by atomic mass is 9.95. The zero-order valence-electron chi connectivity index (χ0n) is 22.8. The summed E-state index contributed by atoms with van der Waals surface area (Å²) in [5.74, 6) is -4.04. The van der Waals surface area contributed by atoms with E-state index in [0.717, 1.165) is 30.6 Å². The van der Waals surface area contributed by atoms with Crippen molar-refractivity contribution in [3.63, 3.8) is 0 Å². The average molecular weight is 574 g/mol. The van der Waals surface area contributed by atoms with Crippen molar-refractivity contribution in [1.82, 2.24) is 25.3 Å². The van der Waals surface area contributed by atoms with Crippen molar-refractivity contribution in [2.24, 2.45) is 0 Å². The summed E-state index contributed by atoms with van der Waals surface area (Å²) in [5.41, 5.74) is 0.410. The molecule has 40 heavy (non-hydrogen) atoms. The second-order valence-electron chi connectivity index (χ2n) is 10.7. The molecule has 3 saturated heterocycles. The maximum absolute atomic E-state index is 13.4. The first-order valence-corrected chi connectivity index (χ1v) is 14.3. The molecule has 0 spiro atoms. The van der Waals surface area contributed by atoms with Crippen molar-refractivity contribution in [2.75, 3.05) is 19.6 Å². The smallest absolute Gasteiger partial charge is 0.327 e. The highest BCUT2D eigenvalue weighted by molar-refractivity contribution is 8.01. The van der Waals surface area contributed by atoms with Gasteiger partial charge in [0.2, 0.25) is 11.8 Å². The van der Waals surface area contributed by atoms with Gasteiger partial charge >= 0.3 is 23.8 Å².